The van der Waals surface area contributed by atoms with Gasteiger partial charge < -0.3 is 5.11 Å². The summed E-state index contributed by atoms with van der Waals surface area (Å²) in [5, 5.41) is 29.0. The van der Waals surface area contributed by atoms with E-state index in [1.54, 1.807) is 30.8 Å². The highest BCUT2D eigenvalue weighted by atomic mass is 32.2. The fraction of sp³-hybridized carbons (Fsp3) is 0.143. The molecule has 1 amide bonds. The number of non-ortho nitro benzene ring substituents is 1. The van der Waals surface area contributed by atoms with Crippen LogP contribution in [-0.2, 0) is 11.8 Å². The van der Waals surface area contributed by atoms with Gasteiger partial charge in [0.05, 0.1) is 28.3 Å². The standard InChI is InChI=1S/C21H18N6O5S/c1-13-19(20(30)26(24(13)2)15-6-4-3-5-7-15)25-18(29)12-33-21(25)23-22-11-14-10-16(27(31)32)8-9-17(14)28/h3-11,28H,12H2,1-2H3/b22-11+,23-21?. The van der Waals surface area contributed by atoms with Crippen molar-refractivity contribution in [2.24, 2.45) is 17.3 Å². The van der Waals surface area contributed by atoms with E-state index >= 15 is 0 Å². The lowest BCUT2D eigenvalue weighted by atomic mass is 10.2. The zero-order valence-corrected chi connectivity index (χ0v) is 18.4. The molecule has 168 valence electrons. The number of phenols is 1. The lowest BCUT2D eigenvalue weighted by Gasteiger charge is -2.13. The summed E-state index contributed by atoms with van der Waals surface area (Å²) in [6.45, 7) is 1.73. The molecule has 1 aromatic heterocycles. The average molecular weight is 466 g/mol. The molecule has 12 heteroatoms. The SMILES string of the molecule is Cc1c(N2C(=O)CSC2=N/N=C/c2cc([N+](=O)[O-])ccc2O)c(=O)n(-c2ccccc2)n1C. The summed E-state index contributed by atoms with van der Waals surface area (Å²) in [5.41, 5.74) is 0.879. The van der Waals surface area contributed by atoms with Crippen molar-refractivity contribution >= 4 is 40.4 Å². The summed E-state index contributed by atoms with van der Waals surface area (Å²) < 4.78 is 3.12. The number of nitro benzene ring substituents is 1. The molecule has 0 atom stereocenters. The van der Waals surface area contributed by atoms with E-state index in [2.05, 4.69) is 10.2 Å². The molecule has 2 aromatic carbocycles. The largest absolute Gasteiger partial charge is 0.507 e. The molecule has 11 nitrogen and oxygen atoms in total. The van der Waals surface area contributed by atoms with E-state index in [0.29, 0.717) is 11.4 Å². The summed E-state index contributed by atoms with van der Waals surface area (Å²) in [7, 11) is 1.72. The van der Waals surface area contributed by atoms with Crippen LogP contribution in [0.25, 0.3) is 5.69 Å². The van der Waals surface area contributed by atoms with E-state index in [-0.39, 0.29) is 45.1 Å². The summed E-state index contributed by atoms with van der Waals surface area (Å²) >= 11 is 1.11. The number of aromatic nitrogens is 2. The third-order valence-corrected chi connectivity index (χ3v) is 5.99. The first-order chi connectivity index (χ1) is 15.8. The van der Waals surface area contributed by atoms with Gasteiger partial charge in [-0.1, -0.05) is 30.0 Å². The fourth-order valence-electron chi connectivity index (χ4n) is 3.37. The minimum Gasteiger partial charge on any atom is -0.507 e. The smallest absolute Gasteiger partial charge is 0.296 e. The normalized spacial score (nSPS) is 15.2. The maximum atomic E-state index is 13.3. The number of carbonyl (C=O) groups excluding carboxylic acids is 1. The van der Waals surface area contributed by atoms with E-state index in [1.807, 2.05) is 18.2 Å². The van der Waals surface area contributed by atoms with Gasteiger partial charge in [-0.25, -0.2) is 9.58 Å². The van der Waals surface area contributed by atoms with Crippen molar-refractivity contribution in [3.8, 4) is 11.4 Å². The highest BCUT2D eigenvalue weighted by Crippen LogP contribution is 2.28. The molecule has 4 rings (SSSR count). The predicted octanol–water partition coefficient (Wildman–Crippen LogP) is 2.57. The van der Waals surface area contributed by atoms with Crippen molar-refractivity contribution in [3.63, 3.8) is 0 Å². The molecule has 2 heterocycles. The van der Waals surface area contributed by atoms with Gasteiger partial charge in [-0.15, -0.1) is 5.10 Å². The Morgan fingerprint density at radius 1 is 1.18 bits per heavy atom. The Balaban J connectivity index is 1.72. The number of hydrogen-bond acceptors (Lipinski definition) is 8. The van der Waals surface area contributed by atoms with Crippen LogP contribution in [0.1, 0.15) is 11.3 Å². The molecule has 0 bridgehead atoms. The first kappa shape index (κ1) is 22.0. The number of amides is 1. The Morgan fingerprint density at radius 3 is 2.61 bits per heavy atom. The third kappa shape index (κ3) is 4.03. The Morgan fingerprint density at radius 2 is 1.91 bits per heavy atom. The summed E-state index contributed by atoms with van der Waals surface area (Å²) in [6, 6.07) is 12.6. The molecule has 0 aliphatic carbocycles. The summed E-state index contributed by atoms with van der Waals surface area (Å²) in [5.74, 6) is -0.449. The van der Waals surface area contributed by atoms with Crippen LogP contribution >= 0.6 is 11.8 Å². The number of thioether (sulfide) groups is 1. The number of amidine groups is 1. The lowest BCUT2D eigenvalue weighted by Crippen LogP contribution is -2.34. The predicted molar refractivity (Wildman–Crippen MR) is 125 cm³/mol. The van der Waals surface area contributed by atoms with Crippen LogP contribution in [0, 0.1) is 17.0 Å². The number of nitro groups is 1. The molecule has 0 saturated carbocycles. The van der Waals surface area contributed by atoms with Gasteiger partial charge in [-0.3, -0.25) is 24.4 Å². The molecule has 0 radical (unpaired) electrons. The minimum atomic E-state index is -0.591. The van der Waals surface area contributed by atoms with Crippen LogP contribution in [-0.4, -0.2) is 42.4 Å². The number of para-hydroxylation sites is 1. The second-order valence-electron chi connectivity index (χ2n) is 7.06. The fourth-order valence-corrected chi connectivity index (χ4v) is 4.18. The number of phenolic OH excluding ortho intramolecular Hbond substituents is 1. The van der Waals surface area contributed by atoms with E-state index in [9.17, 15) is 24.8 Å². The number of benzene rings is 2. The number of hydrogen-bond donors (Lipinski definition) is 1. The van der Waals surface area contributed by atoms with Crippen molar-refractivity contribution in [3.05, 3.63) is 80.3 Å². The highest BCUT2D eigenvalue weighted by molar-refractivity contribution is 8.15. The number of aromatic hydroxyl groups is 1. The Hall–Kier alpha value is -4.19. The van der Waals surface area contributed by atoms with Crippen LogP contribution in [0.4, 0.5) is 11.4 Å². The van der Waals surface area contributed by atoms with Crippen LogP contribution in [0.5, 0.6) is 5.75 Å². The molecule has 0 spiro atoms. The lowest BCUT2D eigenvalue weighted by molar-refractivity contribution is -0.384. The van der Waals surface area contributed by atoms with Crippen molar-refractivity contribution in [1.29, 1.82) is 0 Å². The van der Waals surface area contributed by atoms with Gasteiger partial charge in [-0.05, 0) is 25.1 Å². The molecular formula is C21H18N6O5S. The van der Waals surface area contributed by atoms with Crippen molar-refractivity contribution < 1.29 is 14.8 Å². The molecule has 1 aliphatic rings. The van der Waals surface area contributed by atoms with Crippen molar-refractivity contribution in [2.75, 3.05) is 10.7 Å². The minimum absolute atomic E-state index is 0.0789. The van der Waals surface area contributed by atoms with Crippen LogP contribution in [0.15, 0.2) is 63.5 Å². The van der Waals surface area contributed by atoms with Crippen molar-refractivity contribution in [1.82, 2.24) is 9.36 Å². The van der Waals surface area contributed by atoms with Gasteiger partial charge in [0.1, 0.15) is 11.4 Å². The highest BCUT2D eigenvalue weighted by Gasteiger charge is 2.35. The molecule has 1 N–H and O–H groups in total. The van der Waals surface area contributed by atoms with Crippen LogP contribution < -0.4 is 10.5 Å². The van der Waals surface area contributed by atoms with Gasteiger partial charge in [0, 0.05) is 24.7 Å². The zero-order valence-electron chi connectivity index (χ0n) is 17.6. The van der Waals surface area contributed by atoms with Crippen LogP contribution in [0.2, 0.25) is 0 Å². The first-order valence-corrected chi connectivity index (χ1v) is 10.7. The Bertz CT molecular complexity index is 1380. The van der Waals surface area contributed by atoms with Crippen LogP contribution in [0.3, 0.4) is 0 Å². The Labute approximate surface area is 191 Å². The molecule has 1 fully saturated rings. The molecule has 1 saturated heterocycles. The van der Waals surface area contributed by atoms with Gasteiger partial charge in [0.2, 0.25) is 5.91 Å². The van der Waals surface area contributed by atoms with Gasteiger partial charge >= 0.3 is 0 Å². The topological polar surface area (TPSA) is 135 Å². The molecule has 1 aliphatic heterocycles. The second-order valence-corrected chi connectivity index (χ2v) is 8.00. The molecule has 33 heavy (non-hydrogen) atoms. The molecular weight excluding hydrogens is 448 g/mol. The van der Waals surface area contributed by atoms with Gasteiger partial charge in [0.15, 0.2) is 5.17 Å². The number of nitrogens with zero attached hydrogens (tertiary/aromatic N) is 6. The van der Waals surface area contributed by atoms with E-state index in [1.165, 1.54) is 21.7 Å². The molecule has 3 aromatic rings. The van der Waals surface area contributed by atoms with E-state index in [0.717, 1.165) is 24.0 Å². The number of carbonyl (C=O) groups is 1. The van der Waals surface area contributed by atoms with Gasteiger partial charge in [0.25, 0.3) is 11.2 Å². The van der Waals surface area contributed by atoms with Crippen molar-refractivity contribution in [2.45, 2.75) is 6.92 Å². The Kier molecular flexibility index (Phi) is 5.84. The summed E-state index contributed by atoms with van der Waals surface area (Å²) in [6.07, 6.45) is 1.15. The maximum Gasteiger partial charge on any atom is 0.296 e. The molecule has 0 unspecified atom stereocenters. The number of rotatable bonds is 5. The number of anilines is 1. The second kappa shape index (κ2) is 8.74. The zero-order chi connectivity index (χ0) is 23.7. The quantitative estimate of drug-likeness (QED) is 0.349. The monoisotopic (exact) mass is 466 g/mol. The maximum absolute atomic E-state index is 13.3. The third-order valence-electron chi connectivity index (χ3n) is 5.07. The van der Waals surface area contributed by atoms with E-state index in [4.69, 9.17) is 0 Å². The average Bonchev–Trinajstić information content (AvgIpc) is 3.25. The van der Waals surface area contributed by atoms with Gasteiger partial charge in [-0.2, -0.15) is 5.10 Å². The summed E-state index contributed by atoms with van der Waals surface area (Å²) in [4.78, 5) is 37.5. The first-order valence-electron chi connectivity index (χ1n) is 9.68. The van der Waals surface area contributed by atoms with E-state index < -0.39 is 4.92 Å².